The molecule has 2 aromatic rings. The molecule has 3 aliphatic rings. The van der Waals surface area contributed by atoms with Crippen LogP contribution in [0.2, 0.25) is 5.28 Å². The van der Waals surface area contributed by atoms with E-state index in [1.54, 1.807) is 0 Å². The smallest absolute Gasteiger partial charge is 0.359 e. The molecule has 1 saturated heterocycles. The first-order chi connectivity index (χ1) is 17.6. The summed E-state index contributed by atoms with van der Waals surface area (Å²) in [5, 5.41) is 27.8. The molecule has 0 spiro atoms. The van der Waals surface area contributed by atoms with Crippen molar-refractivity contribution in [2.75, 3.05) is 25.1 Å². The van der Waals surface area contributed by atoms with Crippen LogP contribution in [0.25, 0.3) is 11.0 Å². The molecular weight excluding hydrogens is 529 g/mol. The Labute approximate surface area is 218 Å². The van der Waals surface area contributed by atoms with Gasteiger partial charge in [0, 0.05) is 12.6 Å². The molecule has 37 heavy (non-hydrogen) atoms. The van der Waals surface area contributed by atoms with Crippen LogP contribution in [0.1, 0.15) is 51.7 Å². The molecule has 5 atom stereocenters. The number of aliphatic hydroxyl groups excluding tert-OH is 2. The average Bonchev–Trinajstić information content (AvgIpc) is 3.20. The van der Waals surface area contributed by atoms with Crippen molar-refractivity contribution in [3.05, 3.63) is 11.5 Å². The number of aromatic nitrogens is 4. The largest absolute Gasteiger partial charge is 0.387 e. The molecule has 3 fully saturated rings. The molecule has 1 aliphatic heterocycles. The molecule has 1 unspecified atom stereocenters. The third-order valence-electron chi connectivity index (χ3n) is 7.30. The van der Waals surface area contributed by atoms with Gasteiger partial charge in [-0.3, -0.25) is 4.57 Å². The van der Waals surface area contributed by atoms with Crippen LogP contribution in [0, 0.1) is 5.92 Å². The third kappa shape index (κ3) is 5.80. The molecule has 5 N–H and O–H groups in total. The second-order valence-corrected chi connectivity index (χ2v) is 12.7. The van der Waals surface area contributed by atoms with E-state index in [2.05, 4.69) is 20.4 Å². The molecule has 0 bridgehead atoms. The zero-order valence-corrected chi connectivity index (χ0v) is 22.1. The number of nitrogens with one attached hydrogen (secondary N) is 1. The van der Waals surface area contributed by atoms with Crippen molar-refractivity contribution in [1.29, 1.82) is 0 Å². The van der Waals surface area contributed by atoms with Crippen LogP contribution in [0.4, 0.5) is 5.82 Å². The predicted molar refractivity (Wildman–Crippen MR) is 132 cm³/mol. The first-order valence-electron chi connectivity index (χ1n) is 12.5. The van der Waals surface area contributed by atoms with Crippen LogP contribution in [0.3, 0.4) is 0 Å². The number of anilines is 1. The van der Waals surface area contributed by atoms with Crippen molar-refractivity contribution < 1.29 is 38.8 Å². The van der Waals surface area contributed by atoms with E-state index >= 15 is 0 Å². The van der Waals surface area contributed by atoms with Gasteiger partial charge in [0.2, 0.25) is 5.28 Å². The fourth-order valence-electron chi connectivity index (χ4n) is 4.70. The van der Waals surface area contributed by atoms with E-state index in [4.69, 9.17) is 25.8 Å². The minimum atomic E-state index is -4.74. The van der Waals surface area contributed by atoms with Gasteiger partial charge < -0.3 is 39.5 Å². The number of nitrogens with zero attached hydrogens (tertiary/aromatic N) is 4. The maximum Gasteiger partial charge on any atom is 0.359 e. The van der Waals surface area contributed by atoms with Crippen molar-refractivity contribution in [3.63, 3.8) is 0 Å². The zero-order valence-electron chi connectivity index (χ0n) is 20.4. The minimum Gasteiger partial charge on any atom is -0.387 e. The van der Waals surface area contributed by atoms with Crippen LogP contribution in [-0.4, -0.2) is 89.3 Å². The minimum absolute atomic E-state index is 0.00808. The number of rotatable bonds is 11. The highest BCUT2D eigenvalue weighted by Crippen LogP contribution is 2.51. The molecule has 2 aliphatic carbocycles. The lowest BCUT2D eigenvalue weighted by atomic mass is 10.1. The van der Waals surface area contributed by atoms with E-state index in [0.29, 0.717) is 29.4 Å². The van der Waals surface area contributed by atoms with E-state index in [1.807, 2.05) is 0 Å². The summed E-state index contributed by atoms with van der Waals surface area (Å²) in [6.45, 7) is 0.941. The van der Waals surface area contributed by atoms with Gasteiger partial charge in [0.25, 0.3) is 0 Å². The Morgan fingerprint density at radius 2 is 1.92 bits per heavy atom. The monoisotopic (exact) mass is 561 g/mol. The average molecular weight is 562 g/mol. The van der Waals surface area contributed by atoms with Crippen LogP contribution in [-0.2, 0) is 18.8 Å². The molecule has 206 valence electrons. The van der Waals surface area contributed by atoms with Gasteiger partial charge in [-0.2, -0.15) is 15.1 Å². The van der Waals surface area contributed by atoms with Crippen molar-refractivity contribution in [1.82, 2.24) is 19.7 Å². The van der Waals surface area contributed by atoms with E-state index < -0.39 is 44.1 Å². The van der Waals surface area contributed by atoms with Gasteiger partial charge in [0.15, 0.2) is 17.2 Å². The van der Waals surface area contributed by atoms with Gasteiger partial charge in [-0.15, -0.1) is 0 Å². The van der Waals surface area contributed by atoms with Crippen LogP contribution in [0.15, 0.2) is 6.20 Å². The lowest BCUT2D eigenvalue weighted by molar-refractivity contribution is -0.111. The Kier molecular flexibility index (Phi) is 7.81. The Balaban J connectivity index is 1.30. The number of hydrogen-bond donors (Lipinski definition) is 5. The van der Waals surface area contributed by atoms with Crippen LogP contribution < -0.4 is 5.32 Å². The third-order valence-corrected chi connectivity index (χ3v) is 8.96. The van der Waals surface area contributed by atoms with E-state index in [0.717, 1.165) is 38.5 Å². The highest BCUT2D eigenvalue weighted by atomic mass is 35.5. The van der Waals surface area contributed by atoms with E-state index in [1.165, 1.54) is 17.8 Å². The second kappa shape index (κ2) is 10.6. The molecule has 2 aromatic heterocycles. The van der Waals surface area contributed by atoms with E-state index in [9.17, 15) is 24.6 Å². The van der Waals surface area contributed by atoms with Gasteiger partial charge >= 0.3 is 7.60 Å². The highest BCUT2D eigenvalue weighted by molar-refractivity contribution is 7.53. The van der Waals surface area contributed by atoms with Crippen LogP contribution in [0.5, 0.6) is 0 Å². The van der Waals surface area contributed by atoms with Gasteiger partial charge in [-0.25, -0.2) is 4.68 Å². The lowest BCUT2D eigenvalue weighted by Crippen LogP contribution is -2.40. The van der Waals surface area contributed by atoms with Crippen molar-refractivity contribution in [2.24, 2.45) is 5.92 Å². The predicted octanol–water partition coefficient (Wildman–Crippen LogP) is 1.79. The van der Waals surface area contributed by atoms with Crippen molar-refractivity contribution in [2.45, 2.75) is 81.4 Å². The second-order valence-electron chi connectivity index (χ2n) is 10.3. The first kappa shape index (κ1) is 27.2. The molecule has 13 nitrogen and oxygen atoms in total. The summed E-state index contributed by atoms with van der Waals surface area (Å²) in [7, 11) is -4.74. The maximum atomic E-state index is 12.2. The molecule has 0 radical (unpaired) electrons. The quantitative estimate of drug-likeness (QED) is 0.198. The summed E-state index contributed by atoms with van der Waals surface area (Å²) >= 11 is 6.18. The van der Waals surface area contributed by atoms with Gasteiger partial charge in [0.1, 0.15) is 24.1 Å². The van der Waals surface area contributed by atoms with Gasteiger partial charge in [-0.05, 0) is 50.1 Å². The standard InChI is InChI=1S/C22H33ClN5O8P/c1-22(37(31,32)33,11-34-9-12-6-7-12)35-10-15-16(29)17(30)20(36-15)28-19-14(8-24-28)18(26-21(23)27-19)25-13-4-2-3-5-13/h8,12-13,15-17,20,29-30H,2-7,9-11H2,1H3,(H,25,26,27)(H2,31,32,33)/t15-,16-,17-,20-,22?/m1/s1. The van der Waals surface area contributed by atoms with Gasteiger partial charge in [0.05, 0.1) is 24.8 Å². The lowest BCUT2D eigenvalue weighted by Gasteiger charge is -2.31. The van der Waals surface area contributed by atoms with Crippen molar-refractivity contribution >= 4 is 36.0 Å². The number of aliphatic hydroxyl groups is 2. The summed E-state index contributed by atoms with van der Waals surface area (Å²) in [5.41, 5.74) is 0.312. The normalized spacial score (nSPS) is 28.7. The van der Waals surface area contributed by atoms with Crippen molar-refractivity contribution in [3.8, 4) is 0 Å². The Morgan fingerprint density at radius 1 is 1.19 bits per heavy atom. The summed E-state index contributed by atoms with van der Waals surface area (Å²) in [4.78, 5) is 28.3. The molecular formula is C22H33ClN5O8P. The molecule has 0 amide bonds. The summed E-state index contributed by atoms with van der Waals surface area (Å²) < 4.78 is 30.4. The fourth-order valence-corrected chi connectivity index (χ4v) is 5.37. The summed E-state index contributed by atoms with van der Waals surface area (Å²) in [6.07, 6.45) is 2.86. The number of halogens is 1. The molecule has 3 heterocycles. The molecule has 15 heteroatoms. The molecule has 2 saturated carbocycles. The zero-order chi connectivity index (χ0) is 26.4. The van der Waals surface area contributed by atoms with E-state index in [-0.39, 0.29) is 17.9 Å². The number of fused-ring (bicyclic) bond motifs is 1. The maximum absolute atomic E-state index is 12.2. The first-order valence-corrected chi connectivity index (χ1v) is 14.5. The number of hydrogen-bond acceptors (Lipinski definition) is 10. The van der Waals surface area contributed by atoms with Crippen LogP contribution >= 0.6 is 19.2 Å². The SMILES string of the molecule is CC(COCC1CC1)(OC[C@H]1O[C@@H](n2ncc3c(NC4CCCC4)nc(Cl)nc32)[C@H](O)[C@@H]1O)P(=O)(O)O. The highest BCUT2D eigenvalue weighted by Gasteiger charge is 2.49. The Morgan fingerprint density at radius 3 is 2.59 bits per heavy atom. The molecule has 5 rings (SSSR count). The Hall–Kier alpha value is -1.41. The number of ether oxygens (including phenoxy) is 3. The van der Waals surface area contributed by atoms with Gasteiger partial charge in [-0.1, -0.05) is 12.8 Å². The molecule has 0 aromatic carbocycles. The Bertz CT molecular complexity index is 1160. The fraction of sp³-hybridized carbons (Fsp3) is 0.773. The topological polar surface area (TPSA) is 181 Å². The summed E-state index contributed by atoms with van der Waals surface area (Å²) in [5.74, 6) is 0.941. The summed E-state index contributed by atoms with van der Waals surface area (Å²) in [6, 6.07) is 0.269.